The number of carbonyl (C=O) groups excluding carboxylic acids is 2. The Morgan fingerprint density at radius 2 is 1.17 bits per heavy atom. The van der Waals surface area contributed by atoms with Crippen molar-refractivity contribution in [3.8, 4) is 22.5 Å². The third-order valence-corrected chi connectivity index (χ3v) is 7.40. The summed E-state index contributed by atoms with van der Waals surface area (Å²) >= 11 is 0. The number of nitrogens with two attached hydrogens (primary N) is 2. The van der Waals surface area contributed by atoms with Gasteiger partial charge in [-0.3, -0.25) is 9.36 Å². The molecular formula is C27H30F6N8O4Si. The van der Waals surface area contributed by atoms with E-state index in [0.29, 0.717) is 12.2 Å². The van der Waals surface area contributed by atoms with Crippen molar-refractivity contribution in [3.05, 3.63) is 58.9 Å². The summed E-state index contributed by atoms with van der Waals surface area (Å²) in [7, 11) is 2.22. The van der Waals surface area contributed by atoms with Gasteiger partial charge in [0, 0.05) is 35.7 Å². The molecule has 0 bridgehead atoms. The van der Waals surface area contributed by atoms with Gasteiger partial charge in [0.2, 0.25) is 0 Å². The molecule has 2 aromatic carbocycles. The summed E-state index contributed by atoms with van der Waals surface area (Å²) in [5.74, 6) is -1.65. The van der Waals surface area contributed by atoms with Crippen LogP contribution in [0.5, 0.6) is 0 Å². The van der Waals surface area contributed by atoms with Gasteiger partial charge < -0.3 is 20.9 Å². The summed E-state index contributed by atoms with van der Waals surface area (Å²) in [4.78, 5) is 23.3. The highest BCUT2D eigenvalue weighted by molar-refractivity contribution is 6.74. The lowest BCUT2D eigenvalue weighted by Crippen LogP contribution is -2.28. The number of rotatable bonds is 6. The van der Waals surface area contributed by atoms with Gasteiger partial charge in [0.05, 0.1) is 56.9 Å². The lowest BCUT2D eigenvalue weighted by molar-refractivity contribution is -0.137. The van der Waals surface area contributed by atoms with E-state index in [1.54, 1.807) is 0 Å². The molecule has 0 unspecified atom stereocenters. The van der Waals surface area contributed by atoms with E-state index in [2.05, 4.69) is 49.7 Å². The van der Waals surface area contributed by atoms with E-state index in [9.17, 15) is 35.9 Å². The summed E-state index contributed by atoms with van der Waals surface area (Å²) in [6.45, 7) is 6.32. The number of hydrogen-bond donors (Lipinski definition) is 2. The van der Waals surface area contributed by atoms with Gasteiger partial charge in [0.1, 0.15) is 11.4 Å². The summed E-state index contributed by atoms with van der Waals surface area (Å²) in [6.07, 6.45) is -5.93. The zero-order valence-electron chi connectivity index (χ0n) is 25.4. The van der Waals surface area contributed by atoms with Gasteiger partial charge in [-0.1, -0.05) is 30.1 Å². The molecule has 0 atom stereocenters. The molecule has 2 aromatic heterocycles. The first-order valence-electron chi connectivity index (χ1n) is 13.1. The van der Waals surface area contributed by atoms with Crippen LogP contribution in [0.2, 0.25) is 19.6 Å². The quantitative estimate of drug-likeness (QED) is 0.122. The maximum Gasteiger partial charge on any atom is 0.417 e. The average molecular weight is 673 g/mol. The minimum Gasteiger partial charge on any atom is -0.465 e. The number of esters is 2. The van der Waals surface area contributed by atoms with E-state index in [-0.39, 0.29) is 45.0 Å². The number of aryl methyl sites for hydroxylation is 1. The number of carbonyl (C=O) groups is 2. The number of alkyl halides is 6. The predicted octanol–water partition coefficient (Wildman–Crippen LogP) is 5.08. The molecule has 248 valence electrons. The number of methoxy groups -OCH3 is 2. The molecule has 0 aliphatic carbocycles. The SMILES string of the molecule is COC(=O)c1cc(-c2cn(C)nn2)c(C(F)(F)F)cc1N.COC(=O)c1cc(-c2cn(C[Si](C)(C)C)nn2)c(C(F)(F)F)cc1N. The second kappa shape index (κ2) is 13.2. The molecule has 4 N–H and O–H groups in total. The molecular weight excluding hydrogens is 642 g/mol. The molecule has 0 radical (unpaired) electrons. The third kappa shape index (κ3) is 8.40. The van der Waals surface area contributed by atoms with Gasteiger partial charge in [-0.2, -0.15) is 26.3 Å². The largest absolute Gasteiger partial charge is 0.465 e. The van der Waals surface area contributed by atoms with E-state index < -0.39 is 43.5 Å². The number of nitrogens with zero attached hydrogens (tertiary/aromatic N) is 6. The lowest BCUT2D eigenvalue weighted by atomic mass is 9.99. The molecule has 0 amide bonds. The smallest absolute Gasteiger partial charge is 0.417 e. The van der Waals surface area contributed by atoms with E-state index in [4.69, 9.17) is 11.5 Å². The third-order valence-electron chi connectivity index (χ3n) is 6.13. The average Bonchev–Trinajstić information content (AvgIpc) is 3.59. The first-order chi connectivity index (χ1) is 21.2. The number of ether oxygens (including phenoxy) is 2. The molecule has 0 aliphatic heterocycles. The molecule has 2 heterocycles. The van der Waals surface area contributed by atoms with Crippen molar-refractivity contribution in [2.24, 2.45) is 7.05 Å². The Kier molecular flexibility index (Phi) is 10.2. The predicted molar refractivity (Wildman–Crippen MR) is 157 cm³/mol. The molecule has 0 fully saturated rings. The maximum absolute atomic E-state index is 13.4. The standard InChI is InChI=1S/C15H19F3N4O2Si.C12H11F3N4O2/c1-24-14(23)10-5-9(11(6-12(10)19)15(16,17)18)13-7-22(21-20-13)8-25(2,3)4;1-19-5-10(17-18-19)6-3-7(11(20)21-2)9(16)4-8(6)12(13,14)15/h5-7H,8,19H2,1-4H3;3-5H,16H2,1-2H3. The Labute approximate surface area is 259 Å². The highest BCUT2D eigenvalue weighted by Gasteiger charge is 2.37. The number of nitrogen functional groups attached to an aromatic ring is 2. The lowest BCUT2D eigenvalue weighted by Gasteiger charge is -2.15. The van der Waals surface area contributed by atoms with Crippen LogP contribution in [0.1, 0.15) is 31.8 Å². The van der Waals surface area contributed by atoms with Gasteiger partial charge in [0.15, 0.2) is 0 Å². The molecule has 0 saturated heterocycles. The van der Waals surface area contributed by atoms with Crippen LogP contribution in [-0.4, -0.2) is 64.2 Å². The highest BCUT2D eigenvalue weighted by atomic mass is 28.3. The minimum atomic E-state index is -4.65. The molecule has 19 heteroatoms. The fraction of sp³-hybridized carbons (Fsp3) is 0.333. The number of hydrogen-bond acceptors (Lipinski definition) is 10. The molecule has 12 nitrogen and oxygen atoms in total. The van der Waals surface area contributed by atoms with Crippen molar-refractivity contribution in [2.75, 3.05) is 25.7 Å². The topological polar surface area (TPSA) is 166 Å². The number of anilines is 2. The van der Waals surface area contributed by atoms with E-state index in [1.165, 1.54) is 28.8 Å². The van der Waals surface area contributed by atoms with Crippen molar-refractivity contribution in [2.45, 2.75) is 38.2 Å². The van der Waals surface area contributed by atoms with Crippen LogP contribution >= 0.6 is 0 Å². The van der Waals surface area contributed by atoms with Crippen LogP contribution < -0.4 is 11.5 Å². The minimum absolute atomic E-state index is 0.0185. The monoisotopic (exact) mass is 672 g/mol. The second-order valence-electron chi connectivity index (χ2n) is 11.1. The zero-order chi connectivity index (χ0) is 34.8. The zero-order valence-corrected chi connectivity index (χ0v) is 26.4. The Morgan fingerprint density at radius 3 is 1.52 bits per heavy atom. The highest BCUT2D eigenvalue weighted by Crippen LogP contribution is 2.40. The molecule has 46 heavy (non-hydrogen) atoms. The first-order valence-corrected chi connectivity index (χ1v) is 16.8. The molecule has 4 rings (SSSR count). The van der Waals surface area contributed by atoms with Gasteiger partial charge in [-0.05, 0) is 24.3 Å². The summed E-state index contributed by atoms with van der Waals surface area (Å²) in [5.41, 5.74) is 7.65. The molecule has 0 saturated carbocycles. The van der Waals surface area contributed by atoms with Crippen LogP contribution in [-0.2, 0) is 35.0 Å². The second-order valence-corrected chi connectivity index (χ2v) is 16.5. The van der Waals surface area contributed by atoms with Crippen LogP contribution in [0.3, 0.4) is 0 Å². The molecule has 0 spiro atoms. The fourth-order valence-corrected chi connectivity index (χ4v) is 5.28. The fourth-order valence-electron chi connectivity index (χ4n) is 4.16. The normalized spacial score (nSPS) is 11.9. The van der Waals surface area contributed by atoms with E-state index in [1.807, 2.05) is 0 Å². The van der Waals surface area contributed by atoms with Crippen molar-refractivity contribution in [3.63, 3.8) is 0 Å². The van der Waals surface area contributed by atoms with Gasteiger partial charge in [-0.25, -0.2) is 9.59 Å². The number of benzene rings is 2. The Morgan fingerprint density at radius 1 is 0.761 bits per heavy atom. The maximum atomic E-state index is 13.4. The van der Waals surface area contributed by atoms with Gasteiger partial charge >= 0.3 is 24.3 Å². The van der Waals surface area contributed by atoms with Gasteiger partial charge in [-0.15, -0.1) is 10.2 Å². The van der Waals surface area contributed by atoms with E-state index in [0.717, 1.165) is 32.4 Å². The summed E-state index contributed by atoms with van der Waals surface area (Å²) < 4.78 is 91.3. The van der Waals surface area contributed by atoms with Crippen LogP contribution in [0, 0.1) is 0 Å². The van der Waals surface area contributed by atoms with Gasteiger partial charge in [0.25, 0.3) is 0 Å². The first kappa shape index (κ1) is 35.5. The number of aromatic nitrogens is 6. The molecule has 0 aliphatic rings. The Bertz CT molecular complexity index is 1750. The Balaban J connectivity index is 0.000000254. The summed E-state index contributed by atoms with van der Waals surface area (Å²) in [5, 5.41) is 15.0. The van der Waals surface area contributed by atoms with Crippen LogP contribution in [0.15, 0.2) is 36.7 Å². The molecule has 4 aromatic rings. The van der Waals surface area contributed by atoms with Crippen molar-refractivity contribution < 1.29 is 45.4 Å². The van der Waals surface area contributed by atoms with Crippen LogP contribution in [0.25, 0.3) is 22.5 Å². The van der Waals surface area contributed by atoms with Crippen molar-refractivity contribution in [1.82, 2.24) is 30.0 Å². The van der Waals surface area contributed by atoms with Crippen molar-refractivity contribution in [1.29, 1.82) is 0 Å². The van der Waals surface area contributed by atoms with Crippen LogP contribution in [0.4, 0.5) is 37.7 Å². The number of halogens is 6. The summed E-state index contributed by atoms with van der Waals surface area (Å²) in [6, 6.07) is 3.47. The van der Waals surface area contributed by atoms with E-state index >= 15 is 0 Å². The van der Waals surface area contributed by atoms with Crippen molar-refractivity contribution >= 4 is 31.4 Å². The Hall–Kier alpha value is -4.94.